The molecule has 0 bridgehead atoms. The van der Waals surface area contributed by atoms with Gasteiger partial charge in [-0.15, -0.1) is 0 Å². The highest BCUT2D eigenvalue weighted by Crippen LogP contribution is 2.19. The normalized spacial score (nSPS) is 9.35. The Labute approximate surface area is 108 Å². The Kier molecular flexibility index (Phi) is 7.39. The van der Waals surface area contributed by atoms with Crippen molar-refractivity contribution in [1.82, 2.24) is 0 Å². The second kappa shape index (κ2) is 7.96. The van der Waals surface area contributed by atoms with E-state index in [2.05, 4.69) is 5.32 Å². The summed E-state index contributed by atoms with van der Waals surface area (Å²) < 4.78 is 4.96. The average molecular weight is 258 g/mol. The highest BCUT2D eigenvalue weighted by atomic mass is 35.5. The minimum atomic E-state index is -0.449. The van der Waals surface area contributed by atoms with E-state index >= 15 is 0 Å². The first-order valence-electron chi connectivity index (χ1n) is 5.73. The van der Waals surface area contributed by atoms with Crippen LogP contribution in [-0.2, 0) is 4.74 Å². The molecule has 0 fully saturated rings. The molecule has 1 amide bonds. The van der Waals surface area contributed by atoms with Crippen molar-refractivity contribution in [3.05, 3.63) is 28.8 Å². The summed E-state index contributed by atoms with van der Waals surface area (Å²) in [6.07, 6.45) is -0.576. The van der Waals surface area contributed by atoms with E-state index in [4.69, 9.17) is 16.3 Å². The third kappa shape index (κ3) is 6.17. The van der Waals surface area contributed by atoms with Crippen LogP contribution in [0.5, 0.6) is 0 Å². The summed E-state index contributed by atoms with van der Waals surface area (Å²) in [6.45, 7) is 9.47. The fraction of sp³-hybridized carbons (Fsp3) is 0.462. The van der Waals surface area contributed by atoms with Crippen molar-refractivity contribution >= 4 is 23.4 Å². The zero-order chi connectivity index (χ0) is 13.4. The number of carbonyl (C=O) groups excluding carboxylic acids is 1. The molecule has 1 aromatic rings. The van der Waals surface area contributed by atoms with Gasteiger partial charge in [0.05, 0.1) is 6.10 Å². The van der Waals surface area contributed by atoms with Crippen LogP contribution < -0.4 is 5.32 Å². The van der Waals surface area contributed by atoms with Gasteiger partial charge in [-0.1, -0.05) is 25.4 Å². The van der Waals surface area contributed by atoms with Gasteiger partial charge in [0, 0.05) is 10.7 Å². The molecule has 0 spiro atoms. The van der Waals surface area contributed by atoms with E-state index in [1.54, 1.807) is 32.0 Å². The molecule has 0 aliphatic rings. The zero-order valence-corrected chi connectivity index (χ0v) is 11.8. The Bertz CT molecular complexity index is 364. The van der Waals surface area contributed by atoms with E-state index in [1.165, 1.54) is 0 Å². The number of anilines is 1. The van der Waals surface area contributed by atoms with E-state index in [0.717, 1.165) is 5.56 Å². The molecule has 17 heavy (non-hydrogen) atoms. The maximum absolute atomic E-state index is 11.3. The van der Waals surface area contributed by atoms with E-state index in [1.807, 2.05) is 20.8 Å². The number of amides is 1. The third-order valence-electron chi connectivity index (χ3n) is 1.77. The summed E-state index contributed by atoms with van der Waals surface area (Å²) in [5.41, 5.74) is 1.62. The molecule has 4 heteroatoms. The molecule has 0 aliphatic heterocycles. The van der Waals surface area contributed by atoms with Crippen LogP contribution in [0.4, 0.5) is 10.5 Å². The lowest BCUT2D eigenvalue weighted by Crippen LogP contribution is -2.18. The monoisotopic (exact) mass is 257 g/mol. The highest BCUT2D eigenvalue weighted by Gasteiger charge is 2.07. The van der Waals surface area contributed by atoms with Crippen LogP contribution in [-0.4, -0.2) is 12.2 Å². The summed E-state index contributed by atoms with van der Waals surface area (Å²) >= 11 is 5.79. The van der Waals surface area contributed by atoms with Crippen molar-refractivity contribution in [2.75, 3.05) is 5.32 Å². The van der Waals surface area contributed by atoms with Crippen LogP contribution in [0.1, 0.15) is 33.3 Å². The van der Waals surface area contributed by atoms with Crippen molar-refractivity contribution in [3.8, 4) is 0 Å². The number of aryl methyl sites for hydroxylation is 1. The molecule has 0 radical (unpaired) electrons. The maximum Gasteiger partial charge on any atom is 0.411 e. The number of hydrogen-bond acceptors (Lipinski definition) is 2. The smallest absolute Gasteiger partial charge is 0.411 e. The van der Waals surface area contributed by atoms with E-state index in [9.17, 15) is 4.79 Å². The van der Waals surface area contributed by atoms with Crippen LogP contribution >= 0.6 is 11.6 Å². The van der Waals surface area contributed by atoms with Gasteiger partial charge < -0.3 is 4.74 Å². The van der Waals surface area contributed by atoms with Crippen molar-refractivity contribution in [2.24, 2.45) is 0 Å². The predicted molar refractivity (Wildman–Crippen MR) is 72.8 cm³/mol. The van der Waals surface area contributed by atoms with E-state index < -0.39 is 6.09 Å². The largest absolute Gasteiger partial charge is 0.447 e. The molecule has 0 saturated heterocycles. The molecule has 0 aliphatic carbocycles. The van der Waals surface area contributed by atoms with Crippen LogP contribution in [0, 0.1) is 6.92 Å². The minimum Gasteiger partial charge on any atom is -0.447 e. The first kappa shape index (κ1) is 15.8. The third-order valence-corrected chi connectivity index (χ3v) is 2.00. The zero-order valence-electron chi connectivity index (χ0n) is 11.0. The lowest BCUT2D eigenvalue weighted by atomic mass is 10.2. The molecule has 1 rings (SSSR count). The van der Waals surface area contributed by atoms with Crippen molar-refractivity contribution in [3.63, 3.8) is 0 Å². The maximum atomic E-state index is 11.3. The number of hydrogen-bond donors (Lipinski definition) is 1. The fourth-order valence-electron chi connectivity index (χ4n) is 1.12. The SMILES string of the molecule is CC.Cc1cc(Cl)ccc1NC(=O)OC(C)C. The summed E-state index contributed by atoms with van der Waals surface area (Å²) in [6, 6.07) is 5.26. The number of nitrogens with one attached hydrogen (secondary N) is 1. The Morgan fingerprint density at radius 1 is 1.35 bits per heavy atom. The predicted octanol–water partition coefficient (Wildman–Crippen LogP) is 4.63. The van der Waals surface area contributed by atoms with Crippen molar-refractivity contribution in [1.29, 1.82) is 0 Å². The summed E-state index contributed by atoms with van der Waals surface area (Å²) in [5.74, 6) is 0. The van der Waals surface area contributed by atoms with Gasteiger partial charge in [-0.25, -0.2) is 4.79 Å². The topological polar surface area (TPSA) is 38.3 Å². The first-order valence-corrected chi connectivity index (χ1v) is 6.10. The lowest BCUT2D eigenvalue weighted by Gasteiger charge is -2.11. The lowest BCUT2D eigenvalue weighted by molar-refractivity contribution is 0.130. The Balaban J connectivity index is 0.00000121. The average Bonchev–Trinajstić information content (AvgIpc) is 2.24. The van der Waals surface area contributed by atoms with Gasteiger partial charge in [-0.05, 0) is 44.5 Å². The first-order chi connectivity index (χ1) is 7.99. The Morgan fingerprint density at radius 3 is 2.41 bits per heavy atom. The Hall–Kier alpha value is -1.22. The quantitative estimate of drug-likeness (QED) is 0.839. The van der Waals surface area contributed by atoms with Gasteiger partial charge in [0.2, 0.25) is 0 Å². The molecule has 1 N–H and O–H groups in total. The van der Waals surface area contributed by atoms with Crippen LogP contribution in [0.15, 0.2) is 18.2 Å². The van der Waals surface area contributed by atoms with Gasteiger partial charge >= 0.3 is 6.09 Å². The van der Waals surface area contributed by atoms with Crippen LogP contribution in [0.2, 0.25) is 5.02 Å². The molecule has 96 valence electrons. The standard InChI is InChI=1S/C11H14ClNO2.C2H6/c1-7(2)15-11(14)13-10-5-4-9(12)6-8(10)3;1-2/h4-7H,1-3H3,(H,13,14);1-2H3. The Morgan fingerprint density at radius 2 is 1.94 bits per heavy atom. The van der Waals surface area contributed by atoms with E-state index in [0.29, 0.717) is 10.7 Å². The summed E-state index contributed by atoms with van der Waals surface area (Å²) in [7, 11) is 0. The molecule has 0 saturated carbocycles. The summed E-state index contributed by atoms with van der Waals surface area (Å²) in [4.78, 5) is 11.3. The number of rotatable bonds is 2. The van der Waals surface area contributed by atoms with Gasteiger partial charge in [-0.3, -0.25) is 5.32 Å². The van der Waals surface area contributed by atoms with E-state index in [-0.39, 0.29) is 6.10 Å². The number of ether oxygens (including phenoxy) is 1. The molecule has 0 heterocycles. The minimum absolute atomic E-state index is 0.127. The second-order valence-electron chi connectivity index (χ2n) is 3.54. The second-order valence-corrected chi connectivity index (χ2v) is 3.97. The molecule has 3 nitrogen and oxygen atoms in total. The van der Waals surface area contributed by atoms with Crippen molar-refractivity contribution in [2.45, 2.75) is 40.7 Å². The van der Waals surface area contributed by atoms with Gasteiger partial charge in [0.15, 0.2) is 0 Å². The van der Waals surface area contributed by atoms with Crippen LogP contribution in [0.3, 0.4) is 0 Å². The number of halogens is 1. The van der Waals surface area contributed by atoms with Crippen molar-refractivity contribution < 1.29 is 9.53 Å². The highest BCUT2D eigenvalue weighted by molar-refractivity contribution is 6.30. The van der Waals surface area contributed by atoms with Gasteiger partial charge in [0.1, 0.15) is 0 Å². The number of benzene rings is 1. The molecular weight excluding hydrogens is 238 g/mol. The molecule has 0 atom stereocenters. The molecular formula is C13H20ClNO2. The molecule has 1 aromatic carbocycles. The molecule has 0 aromatic heterocycles. The van der Waals surface area contributed by atoms with Gasteiger partial charge in [0.25, 0.3) is 0 Å². The van der Waals surface area contributed by atoms with Gasteiger partial charge in [-0.2, -0.15) is 0 Å². The summed E-state index contributed by atoms with van der Waals surface area (Å²) in [5, 5.41) is 3.30. The number of carbonyl (C=O) groups is 1. The molecule has 0 unspecified atom stereocenters. The fourth-order valence-corrected chi connectivity index (χ4v) is 1.35. The van der Waals surface area contributed by atoms with Crippen LogP contribution in [0.25, 0.3) is 0 Å².